The number of fused-ring (bicyclic) bond motifs is 6. The number of aromatic nitrogens is 2. The van der Waals surface area contributed by atoms with Gasteiger partial charge in [-0.1, -0.05) is 48.5 Å². The number of nitrogens with zero attached hydrogens (tertiary/aromatic N) is 7. The van der Waals surface area contributed by atoms with E-state index in [1.165, 1.54) is 22.8 Å². The van der Waals surface area contributed by atoms with Gasteiger partial charge in [0.2, 0.25) is 0 Å². The molecule has 0 atom stereocenters. The smallest absolute Gasteiger partial charge is 0.310 e. The van der Waals surface area contributed by atoms with Crippen molar-refractivity contribution in [1.82, 2.24) is 9.13 Å². The maximum Gasteiger partial charge on any atom is 0.418 e. The van der Waals surface area contributed by atoms with E-state index in [1.54, 1.807) is 89.5 Å². The fourth-order valence-electron chi connectivity index (χ4n) is 6.97. The molecule has 0 spiro atoms. The molecule has 0 saturated heterocycles. The highest BCUT2D eigenvalue weighted by molar-refractivity contribution is 6.12. The highest BCUT2D eigenvalue weighted by atomic mass is 19.4. The third kappa shape index (κ3) is 4.79. The molecule has 0 aliphatic rings. The van der Waals surface area contributed by atoms with Crippen LogP contribution >= 0.6 is 0 Å². The van der Waals surface area contributed by atoms with Gasteiger partial charge in [-0.15, -0.1) is 0 Å². The normalized spacial score (nSPS) is 11.3. The summed E-state index contributed by atoms with van der Waals surface area (Å²) in [4.78, 5) is 7.11. The zero-order valence-corrected chi connectivity index (χ0v) is 26.7. The van der Waals surface area contributed by atoms with Crippen LogP contribution < -0.4 is 0 Å². The van der Waals surface area contributed by atoms with Gasteiger partial charge in [-0.05, 0) is 66.2 Å². The molecule has 2 aromatic heterocycles. The summed E-state index contributed by atoms with van der Waals surface area (Å²) in [6.45, 7) is 15.3. The Kier molecular flexibility index (Phi) is 7.04. The lowest BCUT2D eigenvalue weighted by molar-refractivity contribution is -0.137. The summed E-state index contributed by atoms with van der Waals surface area (Å²) < 4.78 is 49.9. The molecule has 0 aliphatic heterocycles. The number of halogens is 3. The van der Waals surface area contributed by atoms with E-state index >= 15 is 13.2 Å². The molecule has 0 radical (unpaired) electrons. The minimum absolute atomic E-state index is 0.101. The SMILES string of the molecule is [C-]#[N+]c1ccc2c3ccc(C#N)cc3n(-c3cc(C(F)(F)F)c(-n4c5cc(C#N)ccc5c5ccc([N+]#[C-])cc54)cc3-c3cccc(C#N)c3)c2c1. The average molecular weight is 678 g/mol. The van der Waals surface area contributed by atoms with E-state index in [-0.39, 0.29) is 39.4 Å². The molecular formula is C42H18F3N7. The lowest BCUT2D eigenvalue weighted by atomic mass is 9.97. The van der Waals surface area contributed by atoms with E-state index in [2.05, 4.69) is 27.9 Å². The van der Waals surface area contributed by atoms with Crippen LogP contribution in [0.1, 0.15) is 22.3 Å². The molecule has 8 aromatic rings. The third-order valence-electron chi connectivity index (χ3n) is 9.22. The summed E-state index contributed by atoms with van der Waals surface area (Å²) in [5.74, 6) is 0. The second-order valence-corrected chi connectivity index (χ2v) is 12.1. The van der Waals surface area contributed by atoms with Gasteiger partial charge in [0.1, 0.15) is 0 Å². The molecule has 0 unspecified atom stereocenters. The fraction of sp³-hybridized carbons (Fsp3) is 0.0238. The van der Waals surface area contributed by atoms with E-state index in [0.717, 1.165) is 6.07 Å². The predicted molar refractivity (Wildman–Crippen MR) is 192 cm³/mol. The lowest BCUT2D eigenvalue weighted by Crippen LogP contribution is -2.13. The third-order valence-corrected chi connectivity index (χ3v) is 9.22. The van der Waals surface area contributed by atoms with Gasteiger partial charge < -0.3 is 9.13 Å². The van der Waals surface area contributed by atoms with Crippen molar-refractivity contribution in [1.29, 1.82) is 15.8 Å². The van der Waals surface area contributed by atoms with Gasteiger partial charge in [0.05, 0.1) is 76.0 Å². The molecule has 0 N–H and O–H groups in total. The Morgan fingerprint density at radius 3 is 1.46 bits per heavy atom. The zero-order chi connectivity index (χ0) is 36.3. The molecule has 8 rings (SSSR count). The van der Waals surface area contributed by atoms with Crippen LogP contribution in [0.3, 0.4) is 0 Å². The van der Waals surface area contributed by atoms with E-state index in [0.29, 0.717) is 54.7 Å². The van der Waals surface area contributed by atoms with Crippen molar-refractivity contribution < 1.29 is 13.2 Å². The molecule has 242 valence electrons. The Labute approximate surface area is 293 Å². The Morgan fingerprint density at radius 2 is 0.981 bits per heavy atom. The molecule has 0 bridgehead atoms. The number of hydrogen-bond donors (Lipinski definition) is 0. The van der Waals surface area contributed by atoms with Crippen LogP contribution in [0.15, 0.2) is 109 Å². The Hall–Kier alpha value is -7.84. The molecule has 2 heterocycles. The summed E-state index contributed by atoms with van der Waals surface area (Å²) in [6.07, 6.45) is -4.91. The van der Waals surface area contributed by atoms with Crippen LogP contribution in [-0.2, 0) is 6.18 Å². The van der Waals surface area contributed by atoms with Crippen molar-refractivity contribution in [2.45, 2.75) is 6.18 Å². The summed E-state index contributed by atoms with van der Waals surface area (Å²) in [5, 5.41) is 32.0. The van der Waals surface area contributed by atoms with E-state index in [1.807, 2.05) is 0 Å². The molecular weight excluding hydrogens is 660 g/mol. The quantitative estimate of drug-likeness (QED) is 0.174. The summed E-state index contributed by atoms with van der Waals surface area (Å²) in [7, 11) is 0. The molecule has 0 fully saturated rings. The first-order valence-electron chi connectivity index (χ1n) is 15.7. The van der Waals surface area contributed by atoms with Crippen LogP contribution in [0.2, 0.25) is 0 Å². The van der Waals surface area contributed by atoms with Crippen molar-refractivity contribution in [3.63, 3.8) is 0 Å². The number of alkyl halides is 3. The van der Waals surface area contributed by atoms with Crippen LogP contribution in [0, 0.1) is 47.1 Å². The molecule has 6 aromatic carbocycles. The van der Waals surface area contributed by atoms with Crippen LogP contribution in [-0.4, -0.2) is 9.13 Å². The Balaban J connectivity index is 1.61. The van der Waals surface area contributed by atoms with Gasteiger partial charge in [0, 0.05) is 38.1 Å². The molecule has 7 nitrogen and oxygen atoms in total. The number of hydrogen-bond acceptors (Lipinski definition) is 3. The molecule has 0 aliphatic carbocycles. The van der Waals surface area contributed by atoms with E-state index in [4.69, 9.17) is 13.1 Å². The first-order chi connectivity index (χ1) is 25.2. The largest absolute Gasteiger partial charge is 0.418 e. The van der Waals surface area contributed by atoms with E-state index in [9.17, 15) is 15.8 Å². The minimum atomic E-state index is -4.91. The van der Waals surface area contributed by atoms with Gasteiger partial charge in [0.15, 0.2) is 11.4 Å². The lowest BCUT2D eigenvalue weighted by Gasteiger charge is -2.22. The van der Waals surface area contributed by atoms with Crippen molar-refractivity contribution in [3.05, 3.63) is 154 Å². The predicted octanol–water partition coefficient (Wildman–Crippen LogP) is 11.3. The molecule has 0 amide bonds. The topological polar surface area (TPSA) is 89.9 Å². The Morgan fingerprint density at radius 1 is 0.519 bits per heavy atom. The van der Waals surface area contributed by atoms with Crippen LogP contribution in [0.5, 0.6) is 0 Å². The average Bonchev–Trinajstić information content (AvgIpc) is 3.67. The van der Waals surface area contributed by atoms with E-state index < -0.39 is 11.7 Å². The van der Waals surface area contributed by atoms with Crippen molar-refractivity contribution in [2.24, 2.45) is 0 Å². The van der Waals surface area contributed by atoms with Gasteiger partial charge in [-0.3, -0.25) is 0 Å². The highest BCUT2D eigenvalue weighted by Crippen LogP contribution is 2.46. The second kappa shape index (κ2) is 11.6. The second-order valence-electron chi connectivity index (χ2n) is 12.1. The highest BCUT2D eigenvalue weighted by Gasteiger charge is 2.37. The summed E-state index contributed by atoms with van der Waals surface area (Å²) >= 11 is 0. The number of benzene rings is 6. The first kappa shape index (κ1) is 31.4. The van der Waals surface area contributed by atoms with Gasteiger partial charge in [-0.25, -0.2) is 9.69 Å². The number of rotatable bonds is 3. The van der Waals surface area contributed by atoms with Crippen LogP contribution in [0.4, 0.5) is 24.5 Å². The number of nitriles is 3. The zero-order valence-electron chi connectivity index (χ0n) is 26.7. The monoisotopic (exact) mass is 677 g/mol. The molecule has 52 heavy (non-hydrogen) atoms. The minimum Gasteiger partial charge on any atom is -0.310 e. The van der Waals surface area contributed by atoms with Crippen molar-refractivity contribution >= 4 is 55.0 Å². The van der Waals surface area contributed by atoms with Crippen LogP contribution in [0.25, 0.3) is 75.8 Å². The fourth-order valence-corrected chi connectivity index (χ4v) is 6.97. The van der Waals surface area contributed by atoms with Gasteiger partial charge in [0.25, 0.3) is 0 Å². The summed E-state index contributed by atoms with van der Waals surface area (Å²) in [6, 6.07) is 34.9. The Bertz CT molecular complexity index is 2930. The molecule has 0 saturated carbocycles. The standard InChI is InChI=1S/C42H18F3N7/c1-49-28-8-12-32-30-10-6-25(22-47)15-36(30)51(38(32)17-28)40-20-35(42(43,44)45)41(19-34(40)27-5-3-4-24(14-27)21-46)52-37-16-26(23-48)7-11-31(37)33-13-9-29(50-2)18-39(33)52/h3-20H. The molecule has 10 heteroatoms. The van der Waals surface area contributed by atoms with Gasteiger partial charge >= 0.3 is 6.18 Å². The van der Waals surface area contributed by atoms with Gasteiger partial charge in [-0.2, -0.15) is 29.0 Å². The first-order valence-corrected chi connectivity index (χ1v) is 15.7. The summed E-state index contributed by atoms with van der Waals surface area (Å²) in [5.41, 5.74) is 2.48. The maximum absolute atomic E-state index is 15.6. The van der Waals surface area contributed by atoms with Crippen molar-refractivity contribution in [2.75, 3.05) is 0 Å². The van der Waals surface area contributed by atoms with Crippen molar-refractivity contribution in [3.8, 4) is 40.7 Å². The maximum atomic E-state index is 15.6.